The summed E-state index contributed by atoms with van der Waals surface area (Å²) in [6, 6.07) is 3.87. The molecule has 134 valence electrons. The largest absolute Gasteiger partial charge is 0.345 e. The van der Waals surface area contributed by atoms with Gasteiger partial charge in [-0.15, -0.1) is 12.4 Å². The number of fused-ring (bicyclic) bond motifs is 2. The summed E-state index contributed by atoms with van der Waals surface area (Å²) in [5, 5.41) is 8.93. The summed E-state index contributed by atoms with van der Waals surface area (Å²) in [5.74, 6) is 0. The van der Waals surface area contributed by atoms with Crippen LogP contribution in [0.4, 0.5) is 5.13 Å². The van der Waals surface area contributed by atoms with Crippen LogP contribution in [0.15, 0.2) is 24.5 Å². The third-order valence-electron chi connectivity index (χ3n) is 4.20. The van der Waals surface area contributed by atoms with E-state index in [0.717, 1.165) is 58.9 Å². The van der Waals surface area contributed by atoms with Crippen LogP contribution in [-0.4, -0.2) is 55.7 Å². The van der Waals surface area contributed by atoms with E-state index in [1.165, 1.54) is 0 Å². The zero-order valence-corrected chi connectivity index (χ0v) is 15.7. The highest BCUT2D eigenvalue weighted by molar-refractivity contribution is 7.21. The Labute approximate surface area is 159 Å². The van der Waals surface area contributed by atoms with Gasteiger partial charge in [0.2, 0.25) is 0 Å². The summed E-state index contributed by atoms with van der Waals surface area (Å²) in [4.78, 5) is 21.4. The zero-order chi connectivity index (χ0) is 16.8. The number of aromatic nitrogens is 6. The fourth-order valence-electron chi connectivity index (χ4n) is 2.96. The van der Waals surface area contributed by atoms with E-state index in [4.69, 9.17) is 4.98 Å². The predicted octanol–water partition coefficient (Wildman–Crippen LogP) is 1.94. The van der Waals surface area contributed by atoms with Gasteiger partial charge in [-0.1, -0.05) is 11.3 Å². The summed E-state index contributed by atoms with van der Waals surface area (Å²) in [5.41, 5.74) is 3.98. The van der Waals surface area contributed by atoms with Crippen LogP contribution in [-0.2, 0) is 0 Å². The van der Waals surface area contributed by atoms with Gasteiger partial charge in [0.25, 0.3) is 0 Å². The Balaban J connectivity index is 0.00000168. The van der Waals surface area contributed by atoms with E-state index in [9.17, 15) is 0 Å². The number of anilines is 1. The molecule has 0 aromatic carbocycles. The van der Waals surface area contributed by atoms with Crippen LogP contribution in [0.3, 0.4) is 0 Å². The molecule has 1 aliphatic heterocycles. The molecule has 10 heteroatoms. The first-order valence-corrected chi connectivity index (χ1v) is 9.00. The van der Waals surface area contributed by atoms with E-state index >= 15 is 0 Å². The number of hydrogen-bond donors (Lipinski definition) is 1. The molecule has 26 heavy (non-hydrogen) atoms. The van der Waals surface area contributed by atoms with Gasteiger partial charge in [0.1, 0.15) is 11.4 Å². The van der Waals surface area contributed by atoms with E-state index in [-0.39, 0.29) is 12.4 Å². The van der Waals surface area contributed by atoms with E-state index < -0.39 is 0 Å². The average molecular weight is 389 g/mol. The first-order chi connectivity index (χ1) is 12.3. The van der Waals surface area contributed by atoms with Crippen LogP contribution in [0.5, 0.6) is 0 Å². The molecule has 1 fully saturated rings. The minimum absolute atomic E-state index is 0. The van der Waals surface area contributed by atoms with Crippen molar-refractivity contribution in [2.24, 2.45) is 0 Å². The van der Waals surface area contributed by atoms with Gasteiger partial charge in [-0.2, -0.15) is 10.1 Å². The van der Waals surface area contributed by atoms with Crippen molar-refractivity contribution < 1.29 is 0 Å². The second-order valence-electron chi connectivity index (χ2n) is 6.02. The van der Waals surface area contributed by atoms with Crippen LogP contribution in [0.2, 0.25) is 0 Å². The number of imidazole rings is 1. The Kier molecular flexibility index (Phi) is 4.43. The minimum Gasteiger partial charge on any atom is -0.345 e. The summed E-state index contributed by atoms with van der Waals surface area (Å²) in [6.45, 7) is 5.84. The lowest BCUT2D eigenvalue weighted by Crippen LogP contribution is -2.43. The van der Waals surface area contributed by atoms with Crippen LogP contribution >= 0.6 is 23.7 Å². The predicted molar refractivity (Wildman–Crippen MR) is 104 cm³/mol. The normalized spacial score (nSPS) is 14.7. The molecule has 0 unspecified atom stereocenters. The third-order valence-corrected chi connectivity index (χ3v) is 5.20. The molecule has 1 aliphatic rings. The summed E-state index contributed by atoms with van der Waals surface area (Å²) >= 11 is 1.59. The van der Waals surface area contributed by atoms with Crippen molar-refractivity contribution in [2.75, 3.05) is 31.1 Å². The highest BCUT2D eigenvalue weighted by Crippen LogP contribution is 2.28. The molecule has 0 aliphatic carbocycles. The number of piperazine rings is 1. The Hall–Kier alpha value is -2.36. The first-order valence-electron chi connectivity index (χ1n) is 8.19. The van der Waals surface area contributed by atoms with Crippen molar-refractivity contribution in [2.45, 2.75) is 6.92 Å². The van der Waals surface area contributed by atoms with E-state index in [0.29, 0.717) is 5.65 Å². The number of hydrogen-bond acceptors (Lipinski definition) is 8. The SMILES string of the molecule is Cc1cn2nc(-c3cnc4nc(N5CCNCC5)sc4n3)ccc2n1.Cl. The van der Waals surface area contributed by atoms with Crippen LogP contribution in [0.1, 0.15) is 5.69 Å². The average Bonchev–Trinajstić information content (AvgIpc) is 3.23. The molecule has 4 aromatic rings. The fourth-order valence-corrected chi connectivity index (χ4v) is 3.91. The van der Waals surface area contributed by atoms with Gasteiger partial charge in [-0.05, 0) is 19.1 Å². The second-order valence-corrected chi connectivity index (χ2v) is 6.98. The summed E-state index contributed by atoms with van der Waals surface area (Å²) in [6.07, 6.45) is 3.64. The fraction of sp³-hybridized carbons (Fsp3) is 0.312. The Morgan fingerprint density at radius 3 is 2.77 bits per heavy atom. The molecule has 0 bridgehead atoms. The molecule has 5 rings (SSSR count). The first kappa shape index (κ1) is 17.1. The minimum atomic E-state index is 0. The van der Waals surface area contributed by atoms with Gasteiger partial charge in [0, 0.05) is 26.2 Å². The molecule has 8 nitrogen and oxygen atoms in total. The van der Waals surface area contributed by atoms with Crippen molar-refractivity contribution >= 4 is 45.0 Å². The quantitative estimate of drug-likeness (QED) is 0.561. The van der Waals surface area contributed by atoms with Crippen molar-refractivity contribution in [1.29, 1.82) is 0 Å². The van der Waals surface area contributed by atoms with Crippen molar-refractivity contribution in [3.8, 4) is 11.4 Å². The number of aryl methyl sites for hydroxylation is 1. The molecule has 0 spiro atoms. The molecule has 4 aromatic heterocycles. The van der Waals surface area contributed by atoms with Crippen LogP contribution in [0.25, 0.3) is 27.5 Å². The lowest BCUT2D eigenvalue weighted by Gasteiger charge is -2.26. The number of halogens is 1. The number of nitrogens with one attached hydrogen (secondary N) is 1. The maximum atomic E-state index is 4.73. The highest BCUT2D eigenvalue weighted by Gasteiger charge is 2.16. The summed E-state index contributed by atoms with van der Waals surface area (Å²) in [7, 11) is 0. The molecular weight excluding hydrogens is 372 g/mol. The van der Waals surface area contributed by atoms with Gasteiger partial charge >= 0.3 is 0 Å². The van der Waals surface area contributed by atoms with Crippen molar-refractivity contribution in [1.82, 2.24) is 34.9 Å². The number of rotatable bonds is 2. The van der Waals surface area contributed by atoms with Crippen molar-refractivity contribution in [3.05, 3.63) is 30.2 Å². The van der Waals surface area contributed by atoms with Crippen molar-refractivity contribution in [3.63, 3.8) is 0 Å². The lowest BCUT2D eigenvalue weighted by molar-refractivity contribution is 0.588. The monoisotopic (exact) mass is 388 g/mol. The molecule has 5 heterocycles. The van der Waals surface area contributed by atoms with E-state index in [1.807, 2.05) is 25.3 Å². The highest BCUT2D eigenvalue weighted by atomic mass is 35.5. The molecule has 0 saturated carbocycles. The Morgan fingerprint density at radius 1 is 1.08 bits per heavy atom. The van der Waals surface area contributed by atoms with E-state index in [2.05, 4.69) is 30.3 Å². The van der Waals surface area contributed by atoms with E-state index in [1.54, 1.807) is 22.0 Å². The number of thiazole rings is 1. The van der Waals surface area contributed by atoms with Crippen LogP contribution < -0.4 is 10.2 Å². The maximum Gasteiger partial charge on any atom is 0.191 e. The summed E-state index contributed by atoms with van der Waals surface area (Å²) < 4.78 is 1.77. The molecule has 0 amide bonds. The topological polar surface area (TPSA) is 84.1 Å². The zero-order valence-electron chi connectivity index (χ0n) is 14.1. The molecular formula is C16H17ClN8S. The number of nitrogens with zero attached hydrogens (tertiary/aromatic N) is 7. The maximum absolute atomic E-state index is 4.73. The molecule has 1 saturated heterocycles. The van der Waals surface area contributed by atoms with Gasteiger partial charge < -0.3 is 10.2 Å². The van der Waals surface area contributed by atoms with Gasteiger partial charge in [0.15, 0.2) is 21.3 Å². The third kappa shape index (κ3) is 2.98. The Bertz CT molecular complexity index is 1070. The van der Waals surface area contributed by atoms with Gasteiger partial charge in [-0.25, -0.2) is 19.5 Å². The second kappa shape index (κ2) is 6.75. The van der Waals surface area contributed by atoms with Gasteiger partial charge in [-0.3, -0.25) is 0 Å². The van der Waals surface area contributed by atoms with Gasteiger partial charge in [0.05, 0.1) is 18.1 Å². The molecule has 0 atom stereocenters. The Morgan fingerprint density at radius 2 is 1.92 bits per heavy atom. The smallest absolute Gasteiger partial charge is 0.191 e. The van der Waals surface area contributed by atoms with Crippen LogP contribution in [0, 0.1) is 6.92 Å². The standard InChI is InChI=1S/C16H16N8S.ClH/c1-10-9-24-13(19-10)3-2-11(22-24)12-8-18-14-15(20-12)25-16(21-14)23-6-4-17-5-7-23;/h2-3,8-9,17H,4-7H2,1H3;1H. The molecule has 0 radical (unpaired) electrons. The lowest BCUT2D eigenvalue weighted by atomic mass is 10.3. The molecule has 1 N–H and O–H groups in total.